The van der Waals surface area contributed by atoms with E-state index in [-0.39, 0.29) is 12.5 Å². The highest BCUT2D eigenvalue weighted by atomic mass is 19.4. The lowest BCUT2D eigenvalue weighted by Crippen LogP contribution is -2.38. The van der Waals surface area contributed by atoms with E-state index in [2.05, 4.69) is 4.74 Å². The summed E-state index contributed by atoms with van der Waals surface area (Å²) in [6, 6.07) is 0. The summed E-state index contributed by atoms with van der Waals surface area (Å²) in [5.41, 5.74) is 0. The highest BCUT2D eigenvalue weighted by molar-refractivity contribution is 5.75. The Morgan fingerprint density at radius 3 is 2.23 bits per heavy atom. The number of alkyl halides is 3. The second-order valence-corrected chi connectivity index (χ2v) is 2.97. The summed E-state index contributed by atoms with van der Waals surface area (Å²) in [5.74, 6) is -1.72. The van der Waals surface area contributed by atoms with Crippen molar-refractivity contribution in [1.29, 1.82) is 0 Å². The van der Waals surface area contributed by atoms with Crippen LogP contribution in [0.1, 0.15) is 13.8 Å². The number of aliphatic hydroxyl groups is 1. The third-order valence-electron chi connectivity index (χ3n) is 1.09. The first-order valence-corrected chi connectivity index (χ1v) is 3.66. The molecule has 3 nitrogen and oxygen atoms in total. The largest absolute Gasteiger partial charge is 0.463 e. The maximum absolute atomic E-state index is 11.7. The van der Waals surface area contributed by atoms with Crippen LogP contribution in [-0.4, -0.2) is 30.0 Å². The van der Waals surface area contributed by atoms with Crippen molar-refractivity contribution in [2.45, 2.75) is 26.1 Å². The van der Waals surface area contributed by atoms with E-state index < -0.39 is 18.2 Å². The van der Waals surface area contributed by atoms with Crippen LogP contribution in [0.4, 0.5) is 13.2 Å². The third kappa shape index (κ3) is 4.72. The van der Waals surface area contributed by atoms with Gasteiger partial charge in [-0.2, -0.15) is 13.2 Å². The molecule has 1 N–H and O–H groups in total. The molecule has 13 heavy (non-hydrogen) atoms. The van der Waals surface area contributed by atoms with Crippen molar-refractivity contribution in [2.75, 3.05) is 6.61 Å². The second kappa shape index (κ2) is 4.45. The molecule has 0 bridgehead atoms. The zero-order chi connectivity index (χ0) is 10.6. The Labute approximate surface area is 73.5 Å². The van der Waals surface area contributed by atoms with Gasteiger partial charge in [0.15, 0.2) is 0 Å². The number of hydrogen-bond donors (Lipinski definition) is 1. The number of carbonyl (C=O) groups is 1. The predicted molar refractivity (Wildman–Crippen MR) is 37.9 cm³/mol. The van der Waals surface area contributed by atoms with E-state index in [1.54, 1.807) is 13.8 Å². The number of rotatable bonds is 3. The molecular weight excluding hydrogens is 189 g/mol. The zero-order valence-corrected chi connectivity index (χ0v) is 7.26. The van der Waals surface area contributed by atoms with Crippen LogP contribution >= 0.6 is 0 Å². The number of hydrogen-bond acceptors (Lipinski definition) is 3. The molecule has 0 saturated carbocycles. The van der Waals surface area contributed by atoms with Gasteiger partial charge >= 0.3 is 12.1 Å². The average Bonchev–Trinajstić information content (AvgIpc) is 1.96. The van der Waals surface area contributed by atoms with Gasteiger partial charge in [-0.3, -0.25) is 0 Å². The molecule has 0 aromatic rings. The second-order valence-electron chi connectivity index (χ2n) is 2.97. The first-order valence-electron chi connectivity index (χ1n) is 3.66. The van der Waals surface area contributed by atoms with E-state index in [4.69, 9.17) is 5.11 Å². The first kappa shape index (κ1) is 12.2. The highest BCUT2D eigenvalue weighted by Gasteiger charge is 2.44. The monoisotopic (exact) mass is 200 g/mol. The molecule has 0 aliphatic rings. The van der Waals surface area contributed by atoms with Crippen LogP contribution in [0.2, 0.25) is 0 Å². The third-order valence-corrected chi connectivity index (χ3v) is 1.09. The SMILES string of the molecule is CC(C)COC(=O)C(O)C(F)(F)F. The molecule has 0 spiro atoms. The van der Waals surface area contributed by atoms with Crippen LogP contribution < -0.4 is 0 Å². The lowest BCUT2D eigenvalue weighted by atomic mass is 10.2. The molecule has 0 saturated heterocycles. The van der Waals surface area contributed by atoms with Crippen LogP contribution in [0, 0.1) is 5.92 Å². The fourth-order valence-corrected chi connectivity index (χ4v) is 0.461. The molecule has 0 fully saturated rings. The molecular formula is C7H11F3O3. The van der Waals surface area contributed by atoms with Gasteiger partial charge in [0.05, 0.1) is 6.61 Å². The Kier molecular flexibility index (Phi) is 4.19. The fraction of sp³-hybridized carbons (Fsp3) is 0.857. The van der Waals surface area contributed by atoms with Gasteiger partial charge in [-0.05, 0) is 5.92 Å². The van der Waals surface area contributed by atoms with Crippen LogP contribution in [0.3, 0.4) is 0 Å². The predicted octanol–water partition coefficient (Wildman–Crippen LogP) is 1.11. The van der Waals surface area contributed by atoms with E-state index in [1.165, 1.54) is 0 Å². The van der Waals surface area contributed by atoms with Crippen molar-refractivity contribution in [3.8, 4) is 0 Å². The fourth-order valence-electron chi connectivity index (χ4n) is 0.461. The molecule has 0 aromatic heterocycles. The summed E-state index contributed by atoms with van der Waals surface area (Å²) >= 11 is 0. The molecule has 0 aliphatic heterocycles. The van der Waals surface area contributed by atoms with Gasteiger partial charge in [0.2, 0.25) is 6.10 Å². The number of carbonyl (C=O) groups excluding carboxylic acids is 1. The summed E-state index contributed by atoms with van der Waals surface area (Å²) < 4.78 is 39.2. The molecule has 0 rings (SSSR count). The van der Waals surface area contributed by atoms with Crippen molar-refractivity contribution in [2.24, 2.45) is 5.92 Å². The lowest BCUT2D eigenvalue weighted by Gasteiger charge is -2.14. The summed E-state index contributed by atoms with van der Waals surface area (Å²) in [7, 11) is 0. The minimum atomic E-state index is -4.95. The van der Waals surface area contributed by atoms with Crippen molar-refractivity contribution in [3.63, 3.8) is 0 Å². The molecule has 0 radical (unpaired) electrons. The van der Waals surface area contributed by atoms with E-state index >= 15 is 0 Å². The van der Waals surface area contributed by atoms with Crippen LogP contribution in [-0.2, 0) is 9.53 Å². The van der Waals surface area contributed by atoms with Crippen molar-refractivity contribution < 1.29 is 27.8 Å². The van der Waals surface area contributed by atoms with Gasteiger partial charge in [0, 0.05) is 0 Å². The van der Waals surface area contributed by atoms with Crippen LogP contribution in [0.15, 0.2) is 0 Å². The van der Waals surface area contributed by atoms with Crippen molar-refractivity contribution in [1.82, 2.24) is 0 Å². The Morgan fingerprint density at radius 2 is 1.92 bits per heavy atom. The molecule has 0 aliphatic carbocycles. The van der Waals surface area contributed by atoms with Crippen molar-refractivity contribution in [3.05, 3.63) is 0 Å². The lowest BCUT2D eigenvalue weighted by molar-refractivity contribution is -0.218. The summed E-state index contributed by atoms with van der Waals surface area (Å²) in [4.78, 5) is 10.5. The van der Waals surface area contributed by atoms with E-state index in [0.717, 1.165) is 0 Å². The molecule has 1 unspecified atom stereocenters. The van der Waals surface area contributed by atoms with Gasteiger partial charge in [-0.15, -0.1) is 0 Å². The maximum atomic E-state index is 11.7. The standard InChI is InChI=1S/C7H11F3O3/c1-4(2)3-13-6(12)5(11)7(8,9)10/h4-5,11H,3H2,1-2H3. The van der Waals surface area contributed by atoms with E-state index in [1.807, 2.05) is 0 Å². The molecule has 0 aromatic carbocycles. The Hall–Kier alpha value is -0.780. The summed E-state index contributed by atoms with van der Waals surface area (Å²) in [6.07, 6.45) is -7.99. The average molecular weight is 200 g/mol. The quantitative estimate of drug-likeness (QED) is 0.694. The van der Waals surface area contributed by atoms with Crippen LogP contribution in [0.25, 0.3) is 0 Å². The molecule has 78 valence electrons. The van der Waals surface area contributed by atoms with E-state index in [9.17, 15) is 18.0 Å². The topological polar surface area (TPSA) is 46.5 Å². The summed E-state index contributed by atoms with van der Waals surface area (Å²) in [5, 5.41) is 8.37. The Balaban J connectivity index is 3.98. The number of aliphatic hydroxyl groups excluding tert-OH is 1. The van der Waals surface area contributed by atoms with Gasteiger partial charge in [0.1, 0.15) is 0 Å². The van der Waals surface area contributed by atoms with E-state index in [0.29, 0.717) is 0 Å². The number of ether oxygens (including phenoxy) is 1. The first-order chi connectivity index (χ1) is 5.75. The molecule has 1 atom stereocenters. The number of esters is 1. The zero-order valence-electron chi connectivity index (χ0n) is 7.26. The van der Waals surface area contributed by atoms with Crippen LogP contribution in [0.5, 0.6) is 0 Å². The number of halogens is 3. The summed E-state index contributed by atoms with van der Waals surface area (Å²) in [6.45, 7) is 3.21. The molecule has 6 heteroatoms. The normalized spacial score (nSPS) is 14.4. The molecule has 0 heterocycles. The maximum Gasteiger partial charge on any atom is 0.425 e. The smallest absolute Gasteiger partial charge is 0.425 e. The molecule has 0 amide bonds. The highest BCUT2D eigenvalue weighted by Crippen LogP contribution is 2.20. The Bertz CT molecular complexity index is 176. The minimum Gasteiger partial charge on any atom is -0.463 e. The van der Waals surface area contributed by atoms with Gasteiger partial charge in [-0.1, -0.05) is 13.8 Å². The van der Waals surface area contributed by atoms with Crippen molar-refractivity contribution >= 4 is 5.97 Å². The van der Waals surface area contributed by atoms with Gasteiger partial charge in [-0.25, -0.2) is 4.79 Å². The van der Waals surface area contributed by atoms with Gasteiger partial charge < -0.3 is 9.84 Å². The minimum absolute atomic E-state index is 0.0654. The Morgan fingerprint density at radius 1 is 1.46 bits per heavy atom. The van der Waals surface area contributed by atoms with Gasteiger partial charge in [0.25, 0.3) is 0 Å².